The number of carbonyl (C=O) groups is 1. The van der Waals surface area contributed by atoms with E-state index in [9.17, 15) is 4.79 Å². The number of hydrogen-bond acceptors (Lipinski definition) is 1. The molecule has 0 heterocycles. The smallest absolute Gasteiger partial charge is 0.120 e. The molecule has 0 radical (unpaired) electrons. The van der Waals surface area contributed by atoms with E-state index in [4.69, 9.17) is 0 Å². The van der Waals surface area contributed by atoms with Crippen LogP contribution in [0.5, 0.6) is 0 Å². The van der Waals surface area contributed by atoms with Crippen LogP contribution in [0.1, 0.15) is 32.1 Å². The van der Waals surface area contributed by atoms with Gasteiger partial charge in [-0.3, -0.25) is 0 Å². The van der Waals surface area contributed by atoms with E-state index in [1.165, 1.54) is 25.7 Å². The van der Waals surface area contributed by atoms with E-state index in [1.807, 2.05) is 0 Å². The van der Waals surface area contributed by atoms with Crippen LogP contribution in [0.4, 0.5) is 0 Å². The maximum absolute atomic E-state index is 10.2. The van der Waals surface area contributed by atoms with Gasteiger partial charge in [0.25, 0.3) is 0 Å². The lowest BCUT2D eigenvalue weighted by molar-refractivity contribution is -0.109. The molecule has 0 aromatic carbocycles. The van der Waals surface area contributed by atoms with Gasteiger partial charge < -0.3 is 4.79 Å². The predicted octanol–water partition coefficient (Wildman–Crippen LogP) is 2.01. The van der Waals surface area contributed by atoms with Crippen LogP contribution in [-0.4, -0.2) is 6.29 Å². The second-order valence-corrected chi connectivity index (χ2v) is 3.94. The highest BCUT2D eigenvalue weighted by atomic mass is 16.1. The summed E-state index contributed by atoms with van der Waals surface area (Å²) in [5.41, 5.74) is 0. The van der Waals surface area contributed by atoms with Gasteiger partial charge in [-0.1, -0.05) is 0 Å². The Bertz CT molecular complexity index is 126. The van der Waals surface area contributed by atoms with Crippen molar-refractivity contribution in [3.8, 4) is 0 Å². The van der Waals surface area contributed by atoms with Gasteiger partial charge in [0.05, 0.1) is 0 Å². The van der Waals surface area contributed by atoms with Gasteiger partial charge in [0.15, 0.2) is 0 Å². The third-order valence-corrected chi connectivity index (χ3v) is 3.10. The van der Waals surface area contributed by atoms with Crippen LogP contribution >= 0.6 is 0 Å². The number of aldehydes is 1. The summed E-state index contributed by atoms with van der Waals surface area (Å²) in [5.74, 6) is 2.77. The third-order valence-electron chi connectivity index (χ3n) is 3.10. The fourth-order valence-electron chi connectivity index (χ4n) is 2.63. The van der Waals surface area contributed by atoms with Crippen molar-refractivity contribution in [2.75, 3.05) is 0 Å². The lowest BCUT2D eigenvalue weighted by Gasteiger charge is -2.44. The fraction of sp³-hybridized carbons (Fsp3) is 0.889. The summed E-state index contributed by atoms with van der Waals surface area (Å²) in [6.07, 6.45) is 7.54. The van der Waals surface area contributed by atoms with Crippen molar-refractivity contribution in [3.63, 3.8) is 0 Å². The van der Waals surface area contributed by atoms with Crippen LogP contribution < -0.4 is 0 Å². The summed E-state index contributed by atoms with van der Waals surface area (Å²) in [4.78, 5) is 10.2. The first-order valence-corrected chi connectivity index (χ1v) is 4.32. The van der Waals surface area contributed by atoms with E-state index in [0.29, 0.717) is 0 Å². The van der Waals surface area contributed by atoms with E-state index >= 15 is 0 Å². The van der Waals surface area contributed by atoms with Crippen LogP contribution in [0.2, 0.25) is 0 Å². The molecule has 3 aliphatic rings. The molecule has 0 spiro atoms. The molecule has 0 amide bonds. The second-order valence-electron chi connectivity index (χ2n) is 3.94. The first kappa shape index (κ1) is 6.38. The second kappa shape index (κ2) is 2.37. The average molecular weight is 138 g/mol. The molecular weight excluding hydrogens is 124 g/mol. The maximum atomic E-state index is 10.2. The molecule has 2 bridgehead atoms. The molecule has 0 aromatic rings. The first-order chi connectivity index (χ1) is 4.88. The summed E-state index contributed by atoms with van der Waals surface area (Å²) in [6.45, 7) is 0. The molecule has 0 aliphatic heterocycles. The highest BCUT2D eigenvalue weighted by Gasteiger charge is 2.37. The van der Waals surface area contributed by atoms with Crippen LogP contribution in [0.15, 0.2) is 0 Å². The molecule has 3 saturated carbocycles. The Hall–Kier alpha value is -0.330. The Morgan fingerprint density at radius 1 is 1.10 bits per heavy atom. The Morgan fingerprint density at radius 3 is 2.20 bits per heavy atom. The van der Waals surface area contributed by atoms with Gasteiger partial charge in [0.1, 0.15) is 6.29 Å². The highest BCUT2D eigenvalue weighted by Crippen LogP contribution is 2.48. The van der Waals surface area contributed by atoms with Gasteiger partial charge in [0, 0.05) is 6.42 Å². The van der Waals surface area contributed by atoms with E-state index in [2.05, 4.69) is 0 Å². The van der Waals surface area contributed by atoms with Gasteiger partial charge in [-0.05, 0) is 43.4 Å². The zero-order chi connectivity index (χ0) is 6.97. The van der Waals surface area contributed by atoms with Crippen LogP contribution in [0, 0.1) is 17.8 Å². The number of rotatable bonds is 2. The summed E-state index contributed by atoms with van der Waals surface area (Å²) in [7, 11) is 0. The Balaban J connectivity index is 1.85. The zero-order valence-electron chi connectivity index (χ0n) is 6.25. The quantitative estimate of drug-likeness (QED) is 0.533. The van der Waals surface area contributed by atoms with Gasteiger partial charge in [-0.15, -0.1) is 0 Å². The number of hydrogen-bond donors (Lipinski definition) is 0. The van der Waals surface area contributed by atoms with Crippen molar-refractivity contribution in [1.82, 2.24) is 0 Å². The Kier molecular flexibility index (Phi) is 1.51. The van der Waals surface area contributed by atoms with Gasteiger partial charge in [-0.25, -0.2) is 0 Å². The molecule has 0 N–H and O–H groups in total. The molecule has 0 saturated heterocycles. The van der Waals surface area contributed by atoms with Crippen molar-refractivity contribution in [2.45, 2.75) is 32.1 Å². The van der Waals surface area contributed by atoms with Crippen LogP contribution in [0.25, 0.3) is 0 Å². The van der Waals surface area contributed by atoms with Crippen molar-refractivity contribution in [2.24, 2.45) is 17.8 Å². The SMILES string of the molecule is O=CCC1CC2CC(C1)C2. The Morgan fingerprint density at radius 2 is 1.70 bits per heavy atom. The summed E-state index contributed by atoms with van der Waals surface area (Å²) >= 11 is 0. The molecule has 3 rings (SSSR count). The van der Waals surface area contributed by atoms with Crippen LogP contribution in [-0.2, 0) is 4.79 Å². The summed E-state index contributed by atoms with van der Waals surface area (Å²) in [5, 5.41) is 0. The Labute approximate surface area is 61.8 Å². The minimum absolute atomic E-state index is 0.759. The third kappa shape index (κ3) is 0.979. The molecule has 0 atom stereocenters. The average Bonchev–Trinajstić information content (AvgIpc) is 1.87. The highest BCUT2D eigenvalue weighted by molar-refractivity contribution is 5.49. The van der Waals surface area contributed by atoms with Gasteiger partial charge >= 0.3 is 0 Å². The number of fused-ring (bicyclic) bond motifs is 2. The monoisotopic (exact) mass is 138 g/mol. The molecule has 1 heteroatoms. The van der Waals surface area contributed by atoms with Crippen molar-refractivity contribution in [1.29, 1.82) is 0 Å². The summed E-state index contributed by atoms with van der Waals surface area (Å²) < 4.78 is 0. The van der Waals surface area contributed by atoms with E-state index in [1.54, 1.807) is 0 Å². The lowest BCUT2D eigenvalue weighted by Crippen LogP contribution is -2.34. The molecule has 56 valence electrons. The maximum Gasteiger partial charge on any atom is 0.120 e. The minimum atomic E-state index is 0.759. The largest absolute Gasteiger partial charge is 0.303 e. The normalized spacial score (nSPS) is 44.2. The van der Waals surface area contributed by atoms with E-state index in [0.717, 1.165) is 30.5 Å². The van der Waals surface area contributed by atoms with Crippen molar-refractivity contribution in [3.05, 3.63) is 0 Å². The minimum Gasteiger partial charge on any atom is -0.303 e. The van der Waals surface area contributed by atoms with Gasteiger partial charge in [0.2, 0.25) is 0 Å². The molecule has 0 aromatic heterocycles. The van der Waals surface area contributed by atoms with Crippen molar-refractivity contribution < 1.29 is 4.79 Å². The van der Waals surface area contributed by atoms with Gasteiger partial charge in [-0.2, -0.15) is 0 Å². The molecule has 10 heavy (non-hydrogen) atoms. The number of carbonyl (C=O) groups excluding carboxylic acids is 1. The molecular formula is C9H14O. The topological polar surface area (TPSA) is 17.1 Å². The standard InChI is InChI=1S/C9H14O/c10-2-1-7-3-8-5-9(4-7)6-8/h2,7-9H,1,3-6H2. The first-order valence-electron chi connectivity index (χ1n) is 4.32. The lowest BCUT2D eigenvalue weighted by atomic mass is 9.61. The predicted molar refractivity (Wildman–Crippen MR) is 39.6 cm³/mol. The fourth-order valence-corrected chi connectivity index (χ4v) is 2.63. The molecule has 1 nitrogen and oxygen atoms in total. The zero-order valence-corrected chi connectivity index (χ0v) is 6.25. The molecule has 3 aliphatic carbocycles. The molecule has 0 unspecified atom stereocenters. The summed E-state index contributed by atoms with van der Waals surface area (Å²) in [6, 6.07) is 0. The van der Waals surface area contributed by atoms with Crippen molar-refractivity contribution >= 4 is 6.29 Å². The van der Waals surface area contributed by atoms with E-state index in [-0.39, 0.29) is 0 Å². The van der Waals surface area contributed by atoms with Crippen LogP contribution in [0.3, 0.4) is 0 Å². The van der Waals surface area contributed by atoms with E-state index < -0.39 is 0 Å². The molecule has 3 fully saturated rings.